The molecule has 7 heteroatoms. The zero-order valence-electron chi connectivity index (χ0n) is 9.36. The smallest absolute Gasteiger partial charge is 0.417 e. The SMILES string of the molecule is CC(=CCn1cc(C(F)(F)F)ccc1=O)C(=O)O. The van der Waals surface area contributed by atoms with Crippen molar-refractivity contribution in [1.82, 2.24) is 4.57 Å². The fourth-order valence-electron chi connectivity index (χ4n) is 1.16. The van der Waals surface area contributed by atoms with Crippen molar-refractivity contribution in [2.24, 2.45) is 0 Å². The lowest BCUT2D eigenvalue weighted by Crippen LogP contribution is -2.21. The van der Waals surface area contributed by atoms with E-state index in [9.17, 15) is 22.8 Å². The van der Waals surface area contributed by atoms with Crippen LogP contribution in [0.5, 0.6) is 0 Å². The number of carboxylic acids is 1. The number of rotatable bonds is 3. The molecule has 0 saturated carbocycles. The Kier molecular flexibility index (Phi) is 3.95. The lowest BCUT2D eigenvalue weighted by atomic mass is 10.2. The minimum atomic E-state index is -4.54. The number of halogens is 3. The van der Waals surface area contributed by atoms with Gasteiger partial charge in [-0.25, -0.2) is 4.79 Å². The molecule has 1 rings (SSSR count). The van der Waals surface area contributed by atoms with Crippen LogP contribution >= 0.6 is 0 Å². The van der Waals surface area contributed by atoms with E-state index < -0.39 is 23.3 Å². The van der Waals surface area contributed by atoms with E-state index in [1.165, 1.54) is 13.0 Å². The summed E-state index contributed by atoms with van der Waals surface area (Å²) in [6.45, 7) is 1.07. The molecular weight excluding hydrogens is 251 g/mol. The predicted molar refractivity (Wildman–Crippen MR) is 57.1 cm³/mol. The molecule has 1 aromatic rings. The third-order valence-electron chi connectivity index (χ3n) is 2.24. The van der Waals surface area contributed by atoms with E-state index in [2.05, 4.69) is 0 Å². The molecule has 1 N–H and O–H groups in total. The van der Waals surface area contributed by atoms with Crippen molar-refractivity contribution in [2.75, 3.05) is 0 Å². The molecular formula is C11H10F3NO3. The van der Waals surface area contributed by atoms with Gasteiger partial charge in [0.05, 0.1) is 5.56 Å². The third-order valence-corrected chi connectivity index (χ3v) is 2.24. The van der Waals surface area contributed by atoms with E-state index in [0.717, 1.165) is 10.6 Å². The molecule has 0 aliphatic carbocycles. The topological polar surface area (TPSA) is 59.3 Å². The molecule has 0 spiro atoms. The molecule has 0 bridgehead atoms. The number of hydrogen-bond acceptors (Lipinski definition) is 2. The Balaban J connectivity index is 3.07. The van der Waals surface area contributed by atoms with Crippen LogP contribution in [0.25, 0.3) is 0 Å². The molecule has 98 valence electrons. The fourth-order valence-corrected chi connectivity index (χ4v) is 1.16. The van der Waals surface area contributed by atoms with Gasteiger partial charge in [-0.2, -0.15) is 13.2 Å². The van der Waals surface area contributed by atoms with Crippen molar-refractivity contribution >= 4 is 5.97 Å². The van der Waals surface area contributed by atoms with Gasteiger partial charge in [-0.15, -0.1) is 0 Å². The minimum Gasteiger partial charge on any atom is -0.478 e. The van der Waals surface area contributed by atoms with Crippen LogP contribution in [0.3, 0.4) is 0 Å². The molecule has 1 aromatic heterocycles. The van der Waals surface area contributed by atoms with E-state index in [0.29, 0.717) is 12.3 Å². The van der Waals surface area contributed by atoms with Crippen molar-refractivity contribution in [3.8, 4) is 0 Å². The van der Waals surface area contributed by atoms with Crippen LogP contribution in [-0.4, -0.2) is 15.6 Å². The van der Waals surface area contributed by atoms with Gasteiger partial charge in [0.15, 0.2) is 0 Å². The van der Waals surface area contributed by atoms with Crippen LogP contribution in [0.4, 0.5) is 13.2 Å². The zero-order chi connectivity index (χ0) is 13.9. The van der Waals surface area contributed by atoms with E-state index in [1.807, 2.05) is 0 Å². The maximum absolute atomic E-state index is 12.4. The van der Waals surface area contributed by atoms with Gasteiger partial charge in [-0.3, -0.25) is 4.79 Å². The maximum atomic E-state index is 12.4. The molecule has 0 fully saturated rings. The van der Waals surface area contributed by atoms with E-state index in [1.54, 1.807) is 0 Å². The van der Waals surface area contributed by atoms with Crippen molar-refractivity contribution in [2.45, 2.75) is 19.6 Å². The summed E-state index contributed by atoms with van der Waals surface area (Å²) in [5.74, 6) is -1.19. The average molecular weight is 261 g/mol. The molecule has 0 radical (unpaired) electrons. The highest BCUT2D eigenvalue weighted by molar-refractivity contribution is 5.85. The average Bonchev–Trinajstić information content (AvgIpc) is 2.25. The Morgan fingerprint density at radius 2 is 2.06 bits per heavy atom. The van der Waals surface area contributed by atoms with Gasteiger partial charge in [-0.05, 0) is 13.0 Å². The number of pyridine rings is 1. The Morgan fingerprint density at radius 1 is 1.44 bits per heavy atom. The first-order valence-electron chi connectivity index (χ1n) is 4.89. The molecule has 0 atom stereocenters. The number of carboxylic acid groups (broad SMARTS) is 1. The van der Waals surface area contributed by atoms with Crippen molar-refractivity contribution in [1.29, 1.82) is 0 Å². The second kappa shape index (κ2) is 5.07. The fraction of sp³-hybridized carbons (Fsp3) is 0.273. The van der Waals surface area contributed by atoms with E-state index in [4.69, 9.17) is 5.11 Å². The van der Waals surface area contributed by atoms with Crippen LogP contribution in [0, 0.1) is 0 Å². The second-order valence-corrected chi connectivity index (χ2v) is 3.60. The highest BCUT2D eigenvalue weighted by atomic mass is 19.4. The first kappa shape index (κ1) is 14.0. The summed E-state index contributed by atoms with van der Waals surface area (Å²) in [7, 11) is 0. The number of nitrogens with zero attached hydrogens (tertiary/aromatic N) is 1. The quantitative estimate of drug-likeness (QED) is 0.845. The van der Waals surface area contributed by atoms with Crippen LogP contribution in [0.2, 0.25) is 0 Å². The van der Waals surface area contributed by atoms with Gasteiger partial charge < -0.3 is 9.67 Å². The van der Waals surface area contributed by atoms with E-state index in [-0.39, 0.29) is 12.1 Å². The molecule has 18 heavy (non-hydrogen) atoms. The molecule has 4 nitrogen and oxygen atoms in total. The Labute approximate surface area is 100.0 Å². The summed E-state index contributed by atoms with van der Waals surface area (Å²) in [5, 5.41) is 8.58. The van der Waals surface area contributed by atoms with E-state index >= 15 is 0 Å². The normalized spacial score (nSPS) is 12.6. The summed E-state index contributed by atoms with van der Waals surface area (Å²) in [6, 6.07) is 1.49. The van der Waals surface area contributed by atoms with Gasteiger partial charge in [0, 0.05) is 24.4 Å². The van der Waals surface area contributed by atoms with Crippen LogP contribution in [0.1, 0.15) is 12.5 Å². The minimum absolute atomic E-state index is 0.0423. The molecule has 0 aromatic carbocycles. The number of aliphatic carboxylic acids is 1. The summed E-state index contributed by atoms with van der Waals surface area (Å²) in [5.41, 5.74) is -1.62. The van der Waals surface area contributed by atoms with Crippen LogP contribution in [0.15, 0.2) is 34.8 Å². The van der Waals surface area contributed by atoms with Gasteiger partial charge in [0.25, 0.3) is 5.56 Å². The number of aromatic nitrogens is 1. The molecule has 0 aliphatic rings. The summed E-state index contributed by atoms with van der Waals surface area (Å²) in [6.07, 6.45) is -2.71. The number of carbonyl (C=O) groups is 1. The molecule has 0 saturated heterocycles. The Hall–Kier alpha value is -2.05. The molecule has 0 amide bonds. The lowest BCUT2D eigenvalue weighted by molar-refractivity contribution is -0.138. The standard InChI is InChI=1S/C11H10F3NO3/c1-7(10(17)18)4-5-15-6-8(11(12,13)14)2-3-9(15)16/h2-4,6H,5H2,1H3,(H,17,18). The second-order valence-electron chi connectivity index (χ2n) is 3.60. The van der Waals surface area contributed by atoms with Gasteiger partial charge in [-0.1, -0.05) is 6.08 Å². The van der Waals surface area contributed by atoms with Crippen LogP contribution < -0.4 is 5.56 Å². The highest BCUT2D eigenvalue weighted by Crippen LogP contribution is 2.27. The molecule has 0 unspecified atom stereocenters. The van der Waals surface area contributed by atoms with Gasteiger partial charge in [0.2, 0.25) is 0 Å². The summed E-state index contributed by atoms with van der Waals surface area (Å²) < 4.78 is 38.0. The van der Waals surface area contributed by atoms with Gasteiger partial charge >= 0.3 is 12.1 Å². The Bertz CT molecular complexity index is 543. The van der Waals surface area contributed by atoms with Crippen molar-refractivity contribution in [3.05, 3.63) is 45.9 Å². The number of hydrogen-bond donors (Lipinski definition) is 1. The summed E-state index contributed by atoms with van der Waals surface area (Å²) in [4.78, 5) is 21.8. The third kappa shape index (κ3) is 3.47. The Morgan fingerprint density at radius 3 is 2.56 bits per heavy atom. The predicted octanol–water partition coefficient (Wildman–Crippen LogP) is 1.90. The number of allylic oxidation sites excluding steroid dienone is 1. The zero-order valence-corrected chi connectivity index (χ0v) is 9.36. The van der Waals surface area contributed by atoms with Crippen molar-refractivity contribution in [3.63, 3.8) is 0 Å². The summed E-state index contributed by atoms with van der Waals surface area (Å²) >= 11 is 0. The van der Waals surface area contributed by atoms with Gasteiger partial charge in [0.1, 0.15) is 0 Å². The monoisotopic (exact) mass is 261 g/mol. The molecule has 1 heterocycles. The first-order chi connectivity index (χ1) is 8.21. The first-order valence-corrected chi connectivity index (χ1v) is 4.89. The number of alkyl halides is 3. The largest absolute Gasteiger partial charge is 0.478 e. The lowest BCUT2D eigenvalue weighted by Gasteiger charge is -2.09. The maximum Gasteiger partial charge on any atom is 0.417 e. The highest BCUT2D eigenvalue weighted by Gasteiger charge is 2.30. The molecule has 0 aliphatic heterocycles. The van der Waals surface area contributed by atoms with Crippen molar-refractivity contribution < 1.29 is 23.1 Å². The van der Waals surface area contributed by atoms with Crippen LogP contribution in [-0.2, 0) is 17.5 Å².